The Morgan fingerprint density at radius 2 is 2.00 bits per heavy atom. The second-order valence-corrected chi connectivity index (χ2v) is 11.3. The summed E-state index contributed by atoms with van der Waals surface area (Å²) in [6, 6.07) is 0.140. The molecule has 8 N–H and O–H groups in total. The number of carbonyl (C=O) groups is 2. The van der Waals surface area contributed by atoms with Crippen LogP contribution >= 0.6 is 0 Å². The highest BCUT2D eigenvalue weighted by molar-refractivity contribution is 7.88. The van der Waals surface area contributed by atoms with Gasteiger partial charge in [-0.3, -0.25) is 9.36 Å². The number of nitrogen functional groups attached to an aromatic ring is 1. The average Bonchev–Trinajstić information content (AvgIpc) is 3.61. The SMILES string of the molecule is Nc1ncnc2c1ncn2[C@@H]1OC(CNS(=O)(=O)NC(=O)CCCC[C@@H]2CCC3NC(=O)NC32)[C@@H](O)[C@H]1O. The molecule has 1 saturated carbocycles. The van der Waals surface area contributed by atoms with Crippen LogP contribution in [0.4, 0.5) is 10.6 Å². The smallest absolute Gasteiger partial charge is 0.315 e. The number of nitrogens with one attached hydrogen (secondary N) is 4. The van der Waals surface area contributed by atoms with E-state index in [2.05, 4.69) is 30.3 Å². The van der Waals surface area contributed by atoms with Crippen molar-refractivity contribution in [3.05, 3.63) is 12.7 Å². The number of amides is 3. The van der Waals surface area contributed by atoms with Gasteiger partial charge in [-0.1, -0.05) is 6.42 Å². The molecule has 7 atom stereocenters. The molecule has 38 heavy (non-hydrogen) atoms. The van der Waals surface area contributed by atoms with Crippen LogP contribution in [0.25, 0.3) is 11.2 Å². The monoisotopic (exact) mass is 553 g/mol. The van der Waals surface area contributed by atoms with Crippen molar-refractivity contribution in [1.29, 1.82) is 0 Å². The van der Waals surface area contributed by atoms with Crippen LogP contribution in [0.5, 0.6) is 0 Å². The normalized spacial score (nSPS) is 30.8. The Hall–Kier alpha value is -3.12. The van der Waals surface area contributed by atoms with E-state index in [9.17, 15) is 28.2 Å². The number of aromatic nitrogens is 4. The van der Waals surface area contributed by atoms with Crippen molar-refractivity contribution in [3.63, 3.8) is 0 Å². The van der Waals surface area contributed by atoms with Gasteiger partial charge in [-0.15, -0.1) is 0 Å². The third-order valence-corrected chi connectivity index (χ3v) is 8.40. The summed E-state index contributed by atoms with van der Waals surface area (Å²) >= 11 is 0. The van der Waals surface area contributed by atoms with Crippen LogP contribution in [-0.2, 0) is 19.7 Å². The van der Waals surface area contributed by atoms with E-state index >= 15 is 0 Å². The van der Waals surface area contributed by atoms with E-state index in [4.69, 9.17) is 10.5 Å². The van der Waals surface area contributed by atoms with E-state index in [1.165, 1.54) is 17.2 Å². The van der Waals surface area contributed by atoms with E-state index < -0.39 is 47.2 Å². The fourth-order valence-corrected chi connectivity index (χ4v) is 6.31. The second kappa shape index (κ2) is 10.6. The lowest BCUT2D eigenvalue weighted by atomic mass is 9.96. The number of hydrogen-bond donors (Lipinski definition) is 7. The maximum Gasteiger partial charge on any atom is 0.315 e. The summed E-state index contributed by atoms with van der Waals surface area (Å²) in [7, 11) is -4.23. The number of urea groups is 1. The van der Waals surface area contributed by atoms with Crippen molar-refractivity contribution in [3.8, 4) is 0 Å². The van der Waals surface area contributed by atoms with Crippen LogP contribution in [0, 0.1) is 5.92 Å². The summed E-state index contributed by atoms with van der Waals surface area (Å²) in [5, 5.41) is 26.7. The number of fused-ring (bicyclic) bond motifs is 2. The molecule has 2 saturated heterocycles. The molecular weight excluding hydrogens is 522 g/mol. The molecule has 2 aromatic rings. The maximum atomic E-state index is 12.4. The van der Waals surface area contributed by atoms with Crippen molar-refractivity contribution in [2.75, 3.05) is 12.3 Å². The topological polar surface area (TPSA) is 236 Å². The van der Waals surface area contributed by atoms with Gasteiger partial charge in [0, 0.05) is 13.0 Å². The van der Waals surface area contributed by atoms with Crippen LogP contribution in [0.3, 0.4) is 0 Å². The minimum Gasteiger partial charge on any atom is -0.387 e. The summed E-state index contributed by atoms with van der Waals surface area (Å²) in [6.45, 7) is -0.398. The van der Waals surface area contributed by atoms with Crippen LogP contribution in [-0.4, -0.2) is 87.0 Å². The maximum absolute atomic E-state index is 12.4. The highest BCUT2D eigenvalue weighted by atomic mass is 32.2. The molecule has 3 fully saturated rings. The lowest BCUT2D eigenvalue weighted by molar-refractivity contribution is -0.119. The van der Waals surface area contributed by atoms with Crippen molar-refractivity contribution < 1.29 is 33.0 Å². The molecule has 4 heterocycles. The first-order chi connectivity index (χ1) is 18.1. The summed E-state index contributed by atoms with van der Waals surface area (Å²) in [4.78, 5) is 35.7. The predicted molar refractivity (Wildman–Crippen MR) is 131 cm³/mol. The van der Waals surface area contributed by atoms with Crippen LogP contribution < -0.4 is 25.8 Å². The minimum absolute atomic E-state index is 0.0222. The molecule has 16 nitrogen and oxygen atoms in total. The zero-order chi connectivity index (χ0) is 27.0. The van der Waals surface area contributed by atoms with E-state index in [0.29, 0.717) is 17.9 Å². The number of imidazole rings is 1. The van der Waals surface area contributed by atoms with E-state index in [-0.39, 0.29) is 36.0 Å². The zero-order valence-corrected chi connectivity index (χ0v) is 21.2. The molecule has 3 aliphatic rings. The second-order valence-electron chi connectivity index (χ2n) is 9.84. The summed E-state index contributed by atoms with van der Waals surface area (Å²) in [5.74, 6) is -0.186. The number of rotatable bonds is 10. The Morgan fingerprint density at radius 3 is 2.82 bits per heavy atom. The predicted octanol–water partition coefficient (Wildman–Crippen LogP) is -2.00. The van der Waals surface area contributed by atoms with Crippen LogP contribution in [0.1, 0.15) is 44.8 Å². The highest BCUT2D eigenvalue weighted by Gasteiger charge is 2.45. The number of unbranched alkanes of at least 4 members (excludes halogenated alkanes) is 1. The van der Waals surface area contributed by atoms with Gasteiger partial charge in [0.1, 0.15) is 30.2 Å². The van der Waals surface area contributed by atoms with Gasteiger partial charge in [0.15, 0.2) is 17.7 Å². The van der Waals surface area contributed by atoms with Gasteiger partial charge in [-0.05, 0) is 31.6 Å². The molecule has 17 heteroatoms. The van der Waals surface area contributed by atoms with Gasteiger partial charge in [-0.25, -0.2) is 24.5 Å². The Bertz CT molecular complexity index is 1310. The first kappa shape index (κ1) is 26.5. The standard InChI is InChI=1S/C21H31N9O7S/c22-18-15-19(24-8-23-18)30(9-25-15)20-17(33)16(32)12(37-20)7-26-38(35,36)29-13(31)4-2-1-3-10-5-6-11-14(10)28-21(34)27-11/h8-12,14,16-17,20,26,32-33H,1-7H2,(H,29,31)(H2,22,23,24)(H2,27,28,34)/t10-,11?,12?,14?,16-,17-,20-/m1/s1. The van der Waals surface area contributed by atoms with E-state index in [0.717, 1.165) is 25.7 Å². The summed E-state index contributed by atoms with van der Waals surface area (Å²) < 4.78 is 36.0. The molecule has 5 rings (SSSR count). The number of nitrogens with two attached hydrogens (primary N) is 1. The number of aliphatic hydroxyl groups excluding tert-OH is 2. The molecule has 3 amide bonds. The third kappa shape index (κ3) is 5.37. The number of hydrogen-bond acceptors (Lipinski definition) is 11. The molecule has 208 valence electrons. The van der Waals surface area contributed by atoms with Crippen molar-refractivity contribution in [2.24, 2.45) is 5.92 Å². The zero-order valence-electron chi connectivity index (χ0n) is 20.4. The molecule has 3 unspecified atom stereocenters. The first-order valence-electron chi connectivity index (χ1n) is 12.4. The Labute approximate surface area is 217 Å². The number of nitrogens with zero attached hydrogens (tertiary/aromatic N) is 4. The average molecular weight is 554 g/mol. The molecule has 0 bridgehead atoms. The van der Waals surface area contributed by atoms with Crippen molar-refractivity contribution in [1.82, 2.24) is 39.6 Å². The van der Waals surface area contributed by atoms with Gasteiger partial charge in [0.05, 0.1) is 18.4 Å². The highest BCUT2D eigenvalue weighted by Crippen LogP contribution is 2.33. The Kier molecular flexibility index (Phi) is 7.36. The molecule has 0 radical (unpaired) electrons. The number of ether oxygens (including phenoxy) is 1. The number of aliphatic hydroxyl groups is 2. The minimum atomic E-state index is -4.23. The number of anilines is 1. The van der Waals surface area contributed by atoms with E-state index in [1.807, 2.05) is 4.72 Å². The van der Waals surface area contributed by atoms with Gasteiger partial charge in [0.2, 0.25) is 5.91 Å². The van der Waals surface area contributed by atoms with Gasteiger partial charge in [-0.2, -0.15) is 13.1 Å². The molecule has 0 aromatic carbocycles. The molecule has 2 aromatic heterocycles. The first-order valence-corrected chi connectivity index (χ1v) is 13.9. The fraction of sp³-hybridized carbons (Fsp3) is 0.667. The molecule has 1 aliphatic carbocycles. The Morgan fingerprint density at radius 1 is 1.18 bits per heavy atom. The summed E-state index contributed by atoms with van der Waals surface area (Å²) in [5.41, 5.74) is 6.34. The van der Waals surface area contributed by atoms with Crippen LogP contribution in [0.2, 0.25) is 0 Å². The van der Waals surface area contributed by atoms with Gasteiger partial charge >= 0.3 is 16.2 Å². The van der Waals surface area contributed by atoms with Gasteiger partial charge < -0.3 is 31.3 Å². The lowest BCUT2D eigenvalue weighted by Crippen LogP contribution is -2.45. The molecule has 0 spiro atoms. The quantitative estimate of drug-likeness (QED) is 0.159. The summed E-state index contributed by atoms with van der Waals surface area (Å²) in [6.07, 6.45) is 1.52. The molecule has 2 aliphatic heterocycles. The van der Waals surface area contributed by atoms with E-state index in [1.54, 1.807) is 0 Å². The largest absolute Gasteiger partial charge is 0.387 e. The fourth-order valence-electron chi connectivity index (χ4n) is 5.45. The number of carbonyl (C=O) groups excluding carboxylic acids is 2. The lowest BCUT2D eigenvalue weighted by Gasteiger charge is -2.17. The van der Waals surface area contributed by atoms with Crippen LogP contribution in [0.15, 0.2) is 12.7 Å². The Balaban J connectivity index is 1.07. The van der Waals surface area contributed by atoms with Gasteiger partial charge in [0.25, 0.3) is 0 Å². The van der Waals surface area contributed by atoms with Crippen molar-refractivity contribution >= 4 is 39.1 Å². The molecular formula is C21H31N9O7S. The van der Waals surface area contributed by atoms with Crippen molar-refractivity contribution in [2.45, 2.75) is 75.1 Å². The third-order valence-electron chi connectivity index (χ3n) is 7.35.